The van der Waals surface area contributed by atoms with Crippen LogP contribution in [0.4, 0.5) is 4.79 Å². The highest BCUT2D eigenvalue weighted by atomic mass is 16.6. The van der Waals surface area contributed by atoms with Crippen LogP contribution in [0.2, 0.25) is 0 Å². The lowest BCUT2D eigenvalue weighted by Gasteiger charge is -2.19. The monoisotopic (exact) mass is 244 g/mol. The van der Waals surface area contributed by atoms with Crippen molar-refractivity contribution < 1.29 is 9.53 Å². The number of rotatable bonds is 8. The molecular weight excluding hydrogens is 216 g/mol. The van der Waals surface area contributed by atoms with Gasteiger partial charge in [0, 0.05) is 6.54 Å². The third kappa shape index (κ3) is 13.2. The summed E-state index contributed by atoms with van der Waals surface area (Å²) in [5, 5.41) is 0. The number of hydrogen-bond acceptors (Lipinski definition) is 3. The topological polar surface area (TPSA) is 50.4 Å². The third-order valence-electron chi connectivity index (χ3n) is 2.24. The molecule has 0 aliphatic heterocycles. The Balaban J connectivity index is 3.25. The van der Waals surface area contributed by atoms with E-state index in [1.54, 1.807) is 0 Å². The van der Waals surface area contributed by atoms with Crippen LogP contribution in [0.1, 0.15) is 66.2 Å². The van der Waals surface area contributed by atoms with Crippen molar-refractivity contribution in [2.75, 3.05) is 6.54 Å². The molecule has 0 saturated carbocycles. The van der Waals surface area contributed by atoms with Crippen molar-refractivity contribution in [3.8, 4) is 0 Å². The molecule has 2 N–H and O–H groups in total. The zero-order valence-electron chi connectivity index (χ0n) is 11.8. The zero-order chi connectivity index (χ0) is 13.1. The molecule has 17 heavy (non-hydrogen) atoms. The van der Waals surface area contributed by atoms with Crippen LogP contribution in [-0.4, -0.2) is 18.2 Å². The molecule has 0 unspecified atom stereocenters. The quantitative estimate of drug-likeness (QED) is 0.508. The van der Waals surface area contributed by atoms with E-state index in [2.05, 4.69) is 17.8 Å². The molecule has 0 aromatic carbocycles. The van der Waals surface area contributed by atoms with Gasteiger partial charge in [-0.25, -0.2) is 10.2 Å². The van der Waals surface area contributed by atoms with Gasteiger partial charge in [-0.1, -0.05) is 39.0 Å². The van der Waals surface area contributed by atoms with Crippen molar-refractivity contribution in [3.63, 3.8) is 0 Å². The summed E-state index contributed by atoms with van der Waals surface area (Å²) in [4.78, 5) is 11.2. The Morgan fingerprint density at radius 3 is 2.24 bits per heavy atom. The zero-order valence-corrected chi connectivity index (χ0v) is 11.8. The van der Waals surface area contributed by atoms with E-state index in [-0.39, 0.29) is 0 Å². The second kappa shape index (κ2) is 9.28. The van der Waals surface area contributed by atoms with E-state index in [0.717, 1.165) is 13.0 Å². The highest BCUT2D eigenvalue weighted by Crippen LogP contribution is 2.06. The molecular formula is C13H28N2O2. The minimum atomic E-state index is -0.439. The van der Waals surface area contributed by atoms with Crippen molar-refractivity contribution in [2.24, 2.45) is 0 Å². The normalized spacial score (nSPS) is 11.3. The Morgan fingerprint density at radius 1 is 1.06 bits per heavy atom. The lowest BCUT2D eigenvalue weighted by Crippen LogP contribution is -2.41. The molecule has 0 atom stereocenters. The first-order chi connectivity index (χ1) is 7.95. The van der Waals surface area contributed by atoms with Crippen LogP contribution in [0.3, 0.4) is 0 Å². The van der Waals surface area contributed by atoms with E-state index in [1.807, 2.05) is 20.8 Å². The fourth-order valence-corrected chi connectivity index (χ4v) is 1.43. The summed E-state index contributed by atoms with van der Waals surface area (Å²) in [5.41, 5.74) is 4.97. The van der Waals surface area contributed by atoms with E-state index >= 15 is 0 Å². The summed E-state index contributed by atoms with van der Waals surface area (Å²) < 4.78 is 5.08. The number of hydrogen-bond donors (Lipinski definition) is 2. The lowest BCUT2D eigenvalue weighted by atomic mass is 10.1. The summed E-state index contributed by atoms with van der Waals surface area (Å²) in [7, 11) is 0. The van der Waals surface area contributed by atoms with Crippen LogP contribution in [-0.2, 0) is 4.74 Å². The van der Waals surface area contributed by atoms with E-state index in [4.69, 9.17) is 4.74 Å². The molecule has 0 aromatic heterocycles. The van der Waals surface area contributed by atoms with E-state index in [1.165, 1.54) is 32.1 Å². The highest BCUT2D eigenvalue weighted by Gasteiger charge is 2.15. The Bertz CT molecular complexity index is 200. The summed E-state index contributed by atoms with van der Waals surface area (Å²) in [6.45, 7) is 8.55. The SMILES string of the molecule is CCCCCCCCNNC(=O)OC(C)(C)C. The summed E-state index contributed by atoms with van der Waals surface area (Å²) >= 11 is 0. The van der Waals surface area contributed by atoms with Gasteiger partial charge in [-0.2, -0.15) is 0 Å². The Morgan fingerprint density at radius 2 is 1.65 bits per heavy atom. The predicted molar refractivity (Wildman–Crippen MR) is 70.7 cm³/mol. The highest BCUT2D eigenvalue weighted by molar-refractivity contribution is 5.66. The van der Waals surface area contributed by atoms with E-state index < -0.39 is 11.7 Å². The molecule has 0 aliphatic carbocycles. The van der Waals surface area contributed by atoms with E-state index in [9.17, 15) is 4.79 Å². The van der Waals surface area contributed by atoms with Crippen LogP contribution in [0.25, 0.3) is 0 Å². The van der Waals surface area contributed by atoms with Gasteiger partial charge in [0.05, 0.1) is 0 Å². The largest absolute Gasteiger partial charge is 0.443 e. The Kier molecular flexibility index (Phi) is 8.86. The maximum Gasteiger partial charge on any atom is 0.422 e. The first kappa shape index (κ1) is 16.2. The molecule has 0 aromatic rings. The van der Waals surface area contributed by atoms with Gasteiger partial charge in [-0.3, -0.25) is 5.43 Å². The van der Waals surface area contributed by atoms with Gasteiger partial charge in [-0.05, 0) is 27.2 Å². The molecule has 4 heteroatoms. The third-order valence-corrected chi connectivity index (χ3v) is 2.24. The van der Waals surface area contributed by atoms with Crippen LogP contribution < -0.4 is 10.9 Å². The minimum Gasteiger partial charge on any atom is -0.443 e. The number of unbranched alkanes of at least 4 members (excludes halogenated alkanes) is 5. The second-order valence-electron chi connectivity index (χ2n) is 5.32. The van der Waals surface area contributed by atoms with Gasteiger partial charge < -0.3 is 4.74 Å². The molecule has 0 bridgehead atoms. The Hall–Kier alpha value is -0.770. The van der Waals surface area contributed by atoms with Crippen molar-refractivity contribution in [3.05, 3.63) is 0 Å². The second-order valence-corrected chi connectivity index (χ2v) is 5.32. The molecule has 1 amide bonds. The fraction of sp³-hybridized carbons (Fsp3) is 0.923. The minimum absolute atomic E-state index is 0.413. The average Bonchev–Trinajstić information content (AvgIpc) is 2.19. The first-order valence-corrected chi connectivity index (χ1v) is 6.67. The molecule has 0 radical (unpaired) electrons. The molecule has 0 saturated heterocycles. The Labute approximate surface area is 105 Å². The van der Waals surface area contributed by atoms with Gasteiger partial charge in [0.2, 0.25) is 0 Å². The molecule has 4 nitrogen and oxygen atoms in total. The molecule has 0 fully saturated rings. The van der Waals surface area contributed by atoms with Crippen LogP contribution in [0.5, 0.6) is 0 Å². The van der Waals surface area contributed by atoms with Crippen molar-refractivity contribution >= 4 is 6.09 Å². The number of carbonyl (C=O) groups is 1. The van der Waals surface area contributed by atoms with Gasteiger partial charge in [0.25, 0.3) is 0 Å². The molecule has 0 heterocycles. The van der Waals surface area contributed by atoms with Crippen LogP contribution in [0.15, 0.2) is 0 Å². The maximum atomic E-state index is 11.2. The number of amides is 1. The number of nitrogens with one attached hydrogen (secondary N) is 2. The molecule has 0 rings (SSSR count). The fourth-order valence-electron chi connectivity index (χ4n) is 1.43. The van der Waals surface area contributed by atoms with Crippen molar-refractivity contribution in [2.45, 2.75) is 71.8 Å². The molecule has 0 aliphatic rings. The van der Waals surface area contributed by atoms with Crippen molar-refractivity contribution in [1.29, 1.82) is 0 Å². The molecule has 0 spiro atoms. The number of hydrazine groups is 1. The molecule has 102 valence electrons. The summed E-state index contributed by atoms with van der Waals surface area (Å²) in [5.74, 6) is 0. The van der Waals surface area contributed by atoms with Crippen LogP contribution >= 0.6 is 0 Å². The summed E-state index contributed by atoms with van der Waals surface area (Å²) in [6, 6.07) is 0. The predicted octanol–water partition coefficient (Wildman–Crippen LogP) is 3.38. The van der Waals surface area contributed by atoms with Crippen LogP contribution in [0, 0.1) is 0 Å². The number of ether oxygens (including phenoxy) is 1. The smallest absolute Gasteiger partial charge is 0.422 e. The van der Waals surface area contributed by atoms with Gasteiger partial charge in [-0.15, -0.1) is 0 Å². The number of carbonyl (C=O) groups excluding carboxylic acids is 1. The van der Waals surface area contributed by atoms with Gasteiger partial charge >= 0.3 is 6.09 Å². The van der Waals surface area contributed by atoms with E-state index in [0.29, 0.717) is 0 Å². The van der Waals surface area contributed by atoms with Gasteiger partial charge in [0.15, 0.2) is 0 Å². The standard InChI is InChI=1S/C13H28N2O2/c1-5-6-7-8-9-10-11-14-15-12(16)17-13(2,3)4/h14H,5-11H2,1-4H3,(H,15,16). The maximum absolute atomic E-state index is 11.2. The first-order valence-electron chi connectivity index (χ1n) is 6.67. The summed E-state index contributed by atoms with van der Waals surface area (Å²) in [6.07, 6.45) is 7.08. The van der Waals surface area contributed by atoms with Crippen molar-refractivity contribution in [1.82, 2.24) is 10.9 Å². The lowest BCUT2D eigenvalue weighted by molar-refractivity contribution is 0.0498. The van der Waals surface area contributed by atoms with Gasteiger partial charge in [0.1, 0.15) is 5.60 Å². The average molecular weight is 244 g/mol.